The van der Waals surface area contributed by atoms with Crippen LogP contribution in [-0.4, -0.2) is 11.8 Å². The van der Waals surface area contributed by atoms with E-state index in [4.69, 9.17) is 0 Å². The van der Waals surface area contributed by atoms with Gasteiger partial charge in [0.1, 0.15) is 0 Å². The number of nitrogens with one attached hydrogen (secondary N) is 3. The smallest absolute Gasteiger partial charge is 0.255 e. The first-order chi connectivity index (χ1) is 13.4. The largest absolute Gasteiger partial charge is 0.355 e. The van der Waals surface area contributed by atoms with Gasteiger partial charge in [0.25, 0.3) is 5.91 Å². The van der Waals surface area contributed by atoms with Crippen molar-refractivity contribution in [3.05, 3.63) is 83.9 Å². The molecule has 3 aromatic rings. The van der Waals surface area contributed by atoms with Crippen LogP contribution in [-0.2, 0) is 4.79 Å². The summed E-state index contributed by atoms with van der Waals surface area (Å²) in [4.78, 5) is 23.3. The van der Waals surface area contributed by atoms with Crippen LogP contribution in [0.4, 0.5) is 31.5 Å². The molecule has 7 heteroatoms. The fraction of sp³-hybridized carbons (Fsp3) is 0.0476. The molecule has 0 saturated carbocycles. The maximum atomic E-state index is 13.3. The van der Waals surface area contributed by atoms with Gasteiger partial charge >= 0.3 is 0 Å². The molecule has 3 rings (SSSR count). The highest BCUT2D eigenvalue weighted by Crippen LogP contribution is 2.22. The van der Waals surface area contributed by atoms with Crippen molar-refractivity contribution >= 4 is 34.6 Å². The summed E-state index contributed by atoms with van der Waals surface area (Å²) in [7, 11) is 0. The molecule has 0 aromatic heterocycles. The molecule has 0 aliphatic rings. The van der Waals surface area contributed by atoms with Crippen LogP contribution in [0.15, 0.2) is 66.7 Å². The van der Waals surface area contributed by atoms with Crippen LogP contribution in [0.1, 0.15) is 17.3 Å². The second-order valence-electron chi connectivity index (χ2n) is 6.05. The summed E-state index contributed by atoms with van der Waals surface area (Å²) in [6.45, 7) is 1.44. The third-order valence-corrected chi connectivity index (χ3v) is 3.80. The fourth-order valence-corrected chi connectivity index (χ4v) is 2.52. The average molecular weight is 381 g/mol. The Labute approximate surface area is 160 Å². The zero-order valence-corrected chi connectivity index (χ0v) is 14.9. The molecule has 0 aliphatic heterocycles. The minimum absolute atomic E-state index is 0.0240. The summed E-state index contributed by atoms with van der Waals surface area (Å²) < 4.78 is 26.2. The van der Waals surface area contributed by atoms with Gasteiger partial charge in [0, 0.05) is 35.2 Å². The minimum Gasteiger partial charge on any atom is -0.355 e. The summed E-state index contributed by atoms with van der Waals surface area (Å²) in [5, 5.41) is 8.52. The molecule has 3 aromatic carbocycles. The van der Waals surface area contributed by atoms with Gasteiger partial charge in [-0.25, -0.2) is 8.78 Å². The Kier molecular flexibility index (Phi) is 5.64. The SMILES string of the molecule is CC(=O)Nc1cccc(Nc2ccc(NC(=O)c3ccc(F)c(F)c3)cc2)c1. The Bertz CT molecular complexity index is 1020. The average Bonchev–Trinajstić information content (AvgIpc) is 2.65. The van der Waals surface area contributed by atoms with E-state index < -0.39 is 17.5 Å². The Hall–Kier alpha value is -3.74. The summed E-state index contributed by atoms with van der Waals surface area (Å²) >= 11 is 0. The van der Waals surface area contributed by atoms with E-state index in [1.54, 1.807) is 36.4 Å². The van der Waals surface area contributed by atoms with Crippen LogP contribution in [0.3, 0.4) is 0 Å². The van der Waals surface area contributed by atoms with Crippen molar-refractivity contribution in [2.45, 2.75) is 6.92 Å². The standard InChI is InChI=1S/C21H17F2N3O2/c1-13(27)24-17-3-2-4-18(12-17)25-15-6-8-16(9-7-15)26-21(28)14-5-10-19(22)20(23)11-14/h2-12,25H,1H3,(H,24,27)(H,26,28). The number of rotatable bonds is 5. The van der Waals surface area contributed by atoms with E-state index in [2.05, 4.69) is 16.0 Å². The number of hydrogen-bond donors (Lipinski definition) is 3. The molecule has 3 N–H and O–H groups in total. The maximum Gasteiger partial charge on any atom is 0.255 e. The number of hydrogen-bond acceptors (Lipinski definition) is 3. The minimum atomic E-state index is -1.08. The number of halogens is 2. The highest BCUT2D eigenvalue weighted by molar-refractivity contribution is 6.04. The zero-order valence-electron chi connectivity index (χ0n) is 14.9. The van der Waals surface area contributed by atoms with Crippen LogP contribution in [0.5, 0.6) is 0 Å². The lowest BCUT2D eigenvalue weighted by molar-refractivity contribution is -0.114. The molecule has 0 saturated heterocycles. The molecule has 0 unspecified atom stereocenters. The number of carbonyl (C=O) groups excluding carboxylic acids is 2. The molecule has 0 fully saturated rings. The van der Waals surface area contributed by atoms with Crippen molar-refractivity contribution < 1.29 is 18.4 Å². The van der Waals surface area contributed by atoms with Gasteiger partial charge in [-0.05, 0) is 60.7 Å². The molecule has 0 bridgehead atoms. The lowest BCUT2D eigenvalue weighted by Gasteiger charge is -2.10. The molecular weight excluding hydrogens is 364 g/mol. The van der Waals surface area contributed by atoms with Gasteiger partial charge in [-0.15, -0.1) is 0 Å². The van der Waals surface area contributed by atoms with Crippen molar-refractivity contribution in [1.82, 2.24) is 0 Å². The first kappa shape index (κ1) is 19.0. The van der Waals surface area contributed by atoms with Crippen LogP contribution < -0.4 is 16.0 Å². The second-order valence-corrected chi connectivity index (χ2v) is 6.05. The monoisotopic (exact) mass is 381 g/mol. The number of amides is 2. The third-order valence-electron chi connectivity index (χ3n) is 3.80. The molecule has 0 heterocycles. The van der Waals surface area contributed by atoms with E-state index in [1.165, 1.54) is 13.0 Å². The summed E-state index contributed by atoms with van der Waals surface area (Å²) in [5.41, 5.74) is 2.76. The third kappa shape index (κ3) is 4.91. The van der Waals surface area contributed by atoms with Gasteiger partial charge in [-0.3, -0.25) is 9.59 Å². The Morgan fingerprint density at radius 3 is 2.07 bits per heavy atom. The van der Waals surface area contributed by atoms with Crippen molar-refractivity contribution in [2.24, 2.45) is 0 Å². The first-order valence-electron chi connectivity index (χ1n) is 8.42. The van der Waals surface area contributed by atoms with Gasteiger partial charge < -0.3 is 16.0 Å². The summed E-state index contributed by atoms with van der Waals surface area (Å²) in [5.74, 6) is -2.77. The van der Waals surface area contributed by atoms with Gasteiger partial charge in [-0.2, -0.15) is 0 Å². The lowest BCUT2D eigenvalue weighted by Crippen LogP contribution is -2.12. The highest BCUT2D eigenvalue weighted by atomic mass is 19.2. The summed E-state index contributed by atoms with van der Waals surface area (Å²) in [6, 6.07) is 17.1. The Balaban J connectivity index is 1.65. The van der Waals surface area contributed by atoms with E-state index in [0.29, 0.717) is 11.4 Å². The van der Waals surface area contributed by atoms with E-state index >= 15 is 0 Å². The normalized spacial score (nSPS) is 10.2. The molecule has 142 valence electrons. The second kappa shape index (κ2) is 8.30. The highest BCUT2D eigenvalue weighted by Gasteiger charge is 2.10. The van der Waals surface area contributed by atoms with Crippen LogP contribution in [0.2, 0.25) is 0 Å². The van der Waals surface area contributed by atoms with Crippen molar-refractivity contribution in [1.29, 1.82) is 0 Å². The zero-order chi connectivity index (χ0) is 20.1. The van der Waals surface area contributed by atoms with E-state index in [-0.39, 0.29) is 11.5 Å². The van der Waals surface area contributed by atoms with Crippen molar-refractivity contribution in [2.75, 3.05) is 16.0 Å². The molecule has 0 radical (unpaired) electrons. The molecule has 5 nitrogen and oxygen atoms in total. The quantitative estimate of drug-likeness (QED) is 0.588. The van der Waals surface area contributed by atoms with Gasteiger partial charge in [0.05, 0.1) is 0 Å². The molecule has 28 heavy (non-hydrogen) atoms. The van der Waals surface area contributed by atoms with Crippen molar-refractivity contribution in [3.63, 3.8) is 0 Å². The molecule has 0 spiro atoms. The van der Waals surface area contributed by atoms with Gasteiger partial charge in [-0.1, -0.05) is 6.07 Å². The molecular formula is C21H17F2N3O2. The Morgan fingerprint density at radius 2 is 1.39 bits per heavy atom. The Morgan fingerprint density at radius 1 is 0.714 bits per heavy atom. The first-order valence-corrected chi connectivity index (χ1v) is 8.42. The van der Waals surface area contributed by atoms with Crippen LogP contribution >= 0.6 is 0 Å². The maximum absolute atomic E-state index is 13.3. The predicted octanol–water partition coefficient (Wildman–Crippen LogP) is 4.92. The molecule has 0 aliphatic carbocycles. The lowest BCUT2D eigenvalue weighted by atomic mass is 10.2. The van der Waals surface area contributed by atoms with Gasteiger partial charge in [0.15, 0.2) is 11.6 Å². The number of benzene rings is 3. The number of carbonyl (C=O) groups is 2. The molecule has 0 atom stereocenters. The number of anilines is 4. The topological polar surface area (TPSA) is 70.2 Å². The van der Waals surface area contributed by atoms with Crippen LogP contribution in [0, 0.1) is 11.6 Å². The predicted molar refractivity (Wildman–Crippen MR) is 105 cm³/mol. The van der Waals surface area contributed by atoms with E-state index in [1.807, 2.05) is 12.1 Å². The van der Waals surface area contributed by atoms with Gasteiger partial charge in [0.2, 0.25) is 5.91 Å². The van der Waals surface area contributed by atoms with Crippen molar-refractivity contribution in [3.8, 4) is 0 Å². The van der Waals surface area contributed by atoms with Crippen LogP contribution in [0.25, 0.3) is 0 Å². The van der Waals surface area contributed by atoms with E-state index in [9.17, 15) is 18.4 Å². The fourth-order valence-electron chi connectivity index (χ4n) is 2.52. The van der Waals surface area contributed by atoms with E-state index in [0.717, 1.165) is 23.5 Å². The summed E-state index contributed by atoms with van der Waals surface area (Å²) in [6.07, 6.45) is 0. The molecule has 2 amide bonds.